The molecule has 9 heavy (non-hydrogen) atoms. The average Bonchev–Trinajstić information content (AvgIpc) is 1.89. The van der Waals surface area contributed by atoms with Gasteiger partial charge in [0.05, 0.1) is 5.83 Å². The van der Waals surface area contributed by atoms with E-state index < -0.39 is 0 Å². The van der Waals surface area contributed by atoms with Crippen LogP contribution in [0, 0.1) is 0 Å². The number of halogens is 1. The maximum Gasteiger partial charge on any atom is 0.318 e. The standard InChI is InChI=1S/C6H9BFO/c1-2-6(8)4-3-5-7-9/h3-5,9H,2H2,1H3. The third-order valence-electron chi connectivity index (χ3n) is 0.812. The normalized spacial score (nSPS) is 12.6. The van der Waals surface area contributed by atoms with E-state index in [1.807, 2.05) is 0 Å². The molecular formula is C6H9BFO. The van der Waals surface area contributed by atoms with Gasteiger partial charge in [-0.2, -0.15) is 0 Å². The van der Waals surface area contributed by atoms with Crippen LogP contribution in [0.25, 0.3) is 0 Å². The second kappa shape index (κ2) is 5.57. The van der Waals surface area contributed by atoms with Crippen LogP contribution in [0.5, 0.6) is 0 Å². The predicted molar refractivity (Wildman–Crippen MR) is 36.6 cm³/mol. The van der Waals surface area contributed by atoms with Crippen LogP contribution in [0.1, 0.15) is 13.3 Å². The highest BCUT2D eigenvalue weighted by molar-refractivity contribution is 6.32. The Morgan fingerprint density at radius 2 is 2.44 bits per heavy atom. The lowest BCUT2D eigenvalue weighted by atomic mass is 10.0. The molecule has 0 aliphatic carbocycles. The van der Waals surface area contributed by atoms with Gasteiger partial charge in [-0.15, -0.1) is 0 Å². The molecular weight excluding hydrogens is 118 g/mol. The Morgan fingerprint density at radius 3 is 2.89 bits per heavy atom. The summed E-state index contributed by atoms with van der Waals surface area (Å²) >= 11 is 0. The van der Waals surface area contributed by atoms with Gasteiger partial charge in [-0.1, -0.05) is 19.0 Å². The summed E-state index contributed by atoms with van der Waals surface area (Å²) in [6.07, 6.45) is 3.15. The number of hydrogen-bond donors (Lipinski definition) is 1. The highest BCUT2D eigenvalue weighted by atomic mass is 19.1. The third kappa shape index (κ3) is 5.30. The molecule has 1 radical (unpaired) electrons. The summed E-state index contributed by atoms with van der Waals surface area (Å²) in [6, 6.07) is 0. The van der Waals surface area contributed by atoms with E-state index in [4.69, 9.17) is 5.02 Å². The molecule has 0 fully saturated rings. The first-order chi connectivity index (χ1) is 4.31. The summed E-state index contributed by atoms with van der Waals surface area (Å²) < 4.78 is 12.2. The van der Waals surface area contributed by atoms with Gasteiger partial charge in [0.2, 0.25) is 0 Å². The Labute approximate surface area is 55.2 Å². The molecule has 0 spiro atoms. The minimum absolute atomic E-state index is 0.187. The first kappa shape index (κ1) is 8.43. The van der Waals surface area contributed by atoms with E-state index in [1.165, 1.54) is 18.1 Å². The van der Waals surface area contributed by atoms with E-state index in [1.54, 1.807) is 6.92 Å². The molecule has 0 aromatic carbocycles. The van der Waals surface area contributed by atoms with Crippen molar-refractivity contribution in [3.05, 3.63) is 24.0 Å². The van der Waals surface area contributed by atoms with Gasteiger partial charge in [0.1, 0.15) is 0 Å². The highest BCUT2D eigenvalue weighted by Gasteiger charge is 1.82. The van der Waals surface area contributed by atoms with Crippen LogP contribution in [0.15, 0.2) is 24.0 Å². The van der Waals surface area contributed by atoms with Gasteiger partial charge in [-0.3, -0.25) is 0 Å². The predicted octanol–water partition coefficient (Wildman–Crippen LogP) is 1.37. The van der Waals surface area contributed by atoms with E-state index in [0.717, 1.165) is 7.48 Å². The van der Waals surface area contributed by atoms with Gasteiger partial charge in [0.15, 0.2) is 0 Å². The number of rotatable bonds is 3. The summed E-state index contributed by atoms with van der Waals surface area (Å²) in [6.45, 7) is 1.72. The third-order valence-corrected chi connectivity index (χ3v) is 0.812. The van der Waals surface area contributed by atoms with Gasteiger partial charge >= 0.3 is 7.48 Å². The van der Waals surface area contributed by atoms with E-state index in [9.17, 15) is 4.39 Å². The Kier molecular flexibility index (Phi) is 5.22. The second-order valence-electron chi connectivity index (χ2n) is 1.50. The summed E-state index contributed by atoms with van der Waals surface area (Å²) in [7, 11) is 0.861. The van der Waals surface area contributed by atoms with E-state index in [-0.39, 0.29) is 5.83 Å². The van der Waals surface area contributed by atoms with Crippen molar-refractivity contribution in [2.45, 2.75) is 13.3 Å². The maximum atomic E-state index is 12.2. The zero-order chi connectivity index (χ0) is 7.11. The fourth-order valence-corrected chi connectivity index (χ4v) is 0.328. The molecule has 0 aliphatic rings. The molecule has 0 unspecified atom stereocenters. The molecule has 0 aromatic rings. The van der Waals surface area contributed by atoms with Crippen molar-refractivity contribution in [2.24, 2.45) is 0 Å². The van der Waals surface area contributed by atoms with E-state index in [0.29, 0.717) is 6.42 Å². The minimum atomic E-state index is -0.187. The van der Waals surface area contributed by atoms with Gasteiger partial charge in [-0.05, 0) is 12.5 Å². The van der Waals surface area contributed by atoms with Crippen molar-refractivity contribution in [2.75, 3.05) is 0 Å². The molecule has 1 N–H and O–H groups in total. The summed E-state index contributed by atoms with van der Waals surface area (Å²) in [5.74, 6) is 1.17. The van der Waals surface area contributed by atoms with Crippen LogP contribution in [-0.2, 0) is 0 Å². The molecule has 0 rings (SSSR count). The molecule has 0 saturated carbocycles. The lowest BCUT2D eigenvalue weighted by Crippen LogP contribution is -1.75. The molecule has 0 atom stereocenters. The molecule has 0 saturated heterocycles. The first-order valence-corrected chi connectivity index (χ1v) is 2.80. The fraction of sp³-hybridized carbons (Fsp3) is 0.333. The van der Waals surface area contributed by atoms with Crippen molar-refractivity contribution in [3.8, 4) is 0 Å². The summed E-state index contributed by atoms with van der Waals surface area (Å²) in [5, 5.41) is 8.09. The van der Waals surface area contributed by atoms with Crippen LogP contribution in [0.4, 0.5) is 4.39 Å². The number of allylic oxidation sites excluding steroid dienone is 3. The molecule has 3 heteroatoms. The molecule has 0 heterocycles. The first-order valence-electron chi connectivity index (χ1n) is 2.80. The summed E-state index contributed by atoms with van der Waals surface area (Å²) in [4.78, 5) is 0. The van der Waals surface area contributed by atoms with Crippen molar-refractivity contribution >= 4 is 7.48 Å². The van der Waals surface area contributed by atoms with Crippen LogP contribution in [0.2, 0.25) is 0 Å². The highest BCUT2D eigenvalue weighted by Crippen LogP contribution is 2.00. The van der Waals surface area contributed by atoms with E-state index >= 15 is 0 Å². The Balaban J connectivity index is 3.55. The molecule has 0 aromatic heterocycles. The molecule has 0 aliphatic heterocycles. The monoisotopic (exact) mass is 127 g/mol. The Morgan fingerprint density at radius 1 is 1.78 bits per heavy atom. The zero-order valence-corrected chi connectivity index (χ0v) is 5.34. The molecule has 49 valence electrons. The average molecular weight is 127 g/mol. The van der Waals surface area contributed by atoms with Crippen molar-refractivity contribution in [1.82, 2.24) is 0 Å². The van der Waals surface area contributed by atoms with Crippen LogP contribution in [-0.4, -0.2) is 12.5 Å². The van der Waals surface area contributed by atoms with Crippen molar-refractivity contribution in [3.63, 3.8) is 0 Å². The quantitative estimate of drug-likeness (QED) is 0.448. The molecule has 0 amide bonds. The van der Waals surface area contributed by atoms with Gasteiger partial charge < -0.3 is 5.02 Å². The SMILES string of the molecule is CCC(F)=CC=C[B]O. The Hall–Kier alpha value is -0.565. The lowest BCUT2D eigenvalue weighted by Gasteiger charge is -1.82. The van der Waals surface area contributed by atoms with Crippen LogP contribution >= 0.6 is 0 Å². The van der Waals surface area contributed by atoms with Crippen LogP contribution in [0.3, 0.4) is 0 Å². The van der Waals surface area contributed by atoms with Crippen molar-refractivity contribution < 1.29 is 9.41 Å². The molecule has 1 nitrogen and oxygen atoms in total. The molecule has 0 bridgehead atoms. The minimum Gasteiger partial charge on any atom is -0.450 e. The second-order valence-corrected chi connectivity index (χ2v) is 1.50. The van der Waals surface area contributed by atoms with Gasteiger partial charge in [0, 0.05) is 0 Å². The van der Waals surface area contributed by atoms with Crippen molar-refractivity contribution in [1.29, 1.82) is 0 Å². The summed E-state index contributed by atoms with van der Waals surface area (Å²) in [5.41, 5.74) is 0. The van der Waals surface area contributed by atoms with Crippen LogP contribution < -0.4 is 0 Å². The fourth-order valence-electron chi connectivity index (χ4n) is 0.328. The van der Waals surface area contributed by atoms with E-state index in [2.05, 4.69) is 0 Å². The largest absolute Gasteiger partial charge is 0.450 e. The topological polar surface area (TPSA) is 20.2 Å². The lowest BCUT2D eigenvalue weighted by molar-refractivity contribution is 0.604. The van der Waals surface area contributed by atoms with Gasteiger partial charge in [0.25, 0.3) is 0 Å². The smallest absolute Gasteiger partial charge is 0.318 e. The van der Waals surface area contributed by atoms with Gasteiger partial charge in [-0.25, -0.2) is 4.39 Å². The Bertz CT molecular complexity index is 120. The number of hydrogen-bond acceptors (Lipinski definition) is 1. The zero-order valence-electron chi connectivity index (χ0n) is 5.34. The maximum absolute atomic E-state index is 12.2.